The highest BCUT2D eigenvalue weighted by Crippen LogP contribution is 2.40. The van der Waals surface area contributed by atoms with Crippen LogP contribution in [-0.4, -0.2) is 182 Å². The molecule has 1 saturated carbocycles. The molecule has 2 aliphatic carbocycles. The molecular formula is C70H109N5O18. The SMILES string of the molecule is C=CC[C@@H]1/C=C(\C)C[C@H](C)C[C@H](OC)[C@H]2O[C@@](O)(C(=O)C(=O)N3CCCC[C@H]3C(=O)O[C@H](/C(C)=C/[C@@H]3CC[C@@H](OC(=O)CCCNC(=O)[C@H](CCCNC(N)=O)CC(=O)[C@@H](NC(=O)COC4C#CCCCCC4)C(C)C)[C@H](OC)C3)[C@H](C)[C@@H](O)CC1=O)[C@H](C)C[C@@H]2OC. The molecule has 522 valence electrons. The molecule has 0 aromatic rings. The standard InChI is InChI=1S/C70H109N5O18/c1-12-22-49-34-43(4)33-44(5)35-58(88-10)64-59(89-11)37-46(7)70(86,93-64)65(81)67(83)75-32-19-18-26-52(75)68(84)92-63(47(8)53(76)40-54(49)77)45(6)36-48-28-29-56(57(38-48)87-9)91-61(80)27-21-30-72-66(82)50(23-20-31-73-69(71)85)39-55(78)62(42(2)3)74-60(79)41-90-51-24-16-14-13-15-17-25-51/h12,34,36,42,44,46-53,56-59,62-64,76,86H,1,13-16,18-24,26-33,35,37-41H2,2-11H3,(H,72,82)(H,74,79)(H3,71,73,85)/b43-34+,45-36+/t44-,46+,47+,48-,49+,50+,51?,52-,53-,56+,57+,58-,59-,62-,63+,64+,70+/m0/s1. The van der Waals surface area contributed by atoms with E-state index in [1.54, 1.807) is 40.7 Å². The number of methoxy groups -OCH3 is 3. The van der Waals surface area contributed by atoms with Crippen LogP contribution in [0.15, 0.2) is 36.0 Å². The molecule has 23 nitrogen and oxygen atoms in total. The predicted octanol–water partition coefficient (Wildman–Crippen LogP) is 6.60. The Hall–Kier alpha value is -5.87. The van der Waals surface area contributed by atoms with Crippen LogP contribution in [0.3, 0.4) is 0 Å². The number of allylic oxidation sites excluding steroid dienone is 4. The first-order chi connectivity index (χ1) is 44.2. The third-order valence-electron chi connectivity index (χ3n) is 19.1. The molecule has 3 aliphatic heterocycles. The molecule has 2 saturated heterocycles. The summed E-state index contributed by atoms with van der Waals surface area (Å²) in [6, 6.07) is -2.86. The normalized spacial score (nSPS) is 31.8. The average molecular weight is 1310 g/mol. The summed E-state index contributed by atoms with van der Waals surface area (Å²) >= 11 is 0. The zero-order valence-electron chi connectivity index (χ0n) is 56.9. The maximum Gasteiger partial charge on any atom is 0.329 e. The Kier molecular flexibility index (Phi) is 32.3. The molecule has 5 amide bonds. The molecular weight excluding hydrogens is 1200 g/mol. The topological polar surface area (TPSA) is 324 Å². The van der Waals surface area contributed by atoms with Gasteiger partial charge in [0, 0.05) is 90.3 Å². The number of nitrogens with two attached hydrogens (primary N) is 1. The highest BCUT2D eigenvalue weighted by Gasteiger charge is 2.57. The molecule has 17 atom stereocenters. The molecule has 1 unspecified atom stereocenters. The van der Waals surface area contributed by atoms with Crippen LogP contribution in [0.25, 0.3) is 0 Å². The number of ketones is 3. The van der Waals surface area contributed by atoms with Gasteiger partial charge in [-0.3, -0.25) is 33.6 Å². The van der Waals surface area contributed by atoms with Crippen molar-refractivity contribution in [3.8, 4) is 11.8 Å². The molecule has 23 heteroatoms. The van der Waals surface area contributed by atoms with E-state index in [9.17, 15) is 53.4 Å². The minimum Gasteiger partial charge on any atom is -0.460 e. The van der Waals surface area contributed by atoms with Crippen molar-refractivity contribution in [2.75, 3.05) is 47.6 Å². The number of piperidine rings is 1. The van der Waals surface area contributed by atoms with Crippen LogP contribution in [-0.2, 0) is 71.5 Å². The number of carbonyl (C=O) groups excluding carboxylic acids is 9. The number of primary amides is 1. The number of ether oxygens (including phenoxy) is 7. The molecule has 0 aromatic carbocycles. The van der Waals surface area contributed by atoms with E-state index in [0.717, 1.165) is 36.2 Å². The summed E-state index contributed by atoms with van der Waals surface area (Å²) in [5, 5.41) is 32.4. The Morgan fingerprint density at radius 1 is 0.882 bits per heavy atom. The highest BCUT2D eigenvalue weighted by molar-refractivity contribution is 6.39. The second-order valence-corrected chi connectivity index (χ2v) is 26.9. The van der Waals surface area contributed by atoms with E-state index >= 15 is 0 Å². The number of aliphatic hydroxyl groups excluding tert-OH is 1. The summed E-state index contributed by atoms with van der Waals surface area (Å²) in [5.41, 5.74) is 6.73. The van der Waals surface area contributed by atoms with Gasteiger partial charge >= 0.3 is 18.0 Å². The second kappa shape index (κ2) is 38.6. The summed E-state index contributed by atoms with van der Waals surface area (Å²) in [7, 11) is 4.53. The maximum atomic E-state index is 14.7. The van der Waals surface area contributed by atoms with Crippen molar-refractivity contribution in [2.24, 2.45) is 47.2 Å². The van der Waals surface area contributed by atoms with E-state index in [1.165, 1.54) is 21.3 Å². The summed E-state index contributed by atoms with van der Waals surface area (Å²) in [4.78, 5) is 125. The molecule has 5 rings (SSSR count). The summed E-state index contributed by atoms with van der Waals surface area (Å²) < 4.78 is 42.2. The molecule has 0 spiro atoms. The minimum absolute atomic E-state index is 0.0185. The van der Waals surface area contributed by atoms with E-state index in [1.807, 2.05) is 26.0 Å². The number of hydrogen-bond acceptors (Lipinski definition) is 18. The van der Waals surface area contributed by atoms with Crippen molar-refractivity contribution in [3.63, 3.8) is 0 Å². The fraction of sp³-hybridized carbons (Fsp3) is 0.757. The number of hydrogen-bond donors (Lipinski definition) is 6. The van der Waals surface area contributed by atoms with E-state index in [-0.39, 0.29) is 107 Å². The number of esters is 2. The molecule has 7 N–H and O–H groups in total. The van der Waals surface area contributed by atoms with E-state index < -0.39 is 126 Å². The number of nitrogens with one attached hydrogen (secondary N) is 3. The summed E-state index contributed by atoms with van der Waals surface area (Å²) in [5.74, 6) is -5.29. The van der Waals surface area contributed by atoms with Gasteiger partial charge in [-0.05, 0) is 140 Å². The van der Waals surface area contributed by atoms with Gasteiger partial charge in [-0.25, -0.2) is 9.59 Å². The van der Waals surface area contributed by atoms with E-state index in [4.69, 9.17) is 38.9 Å². The molecule has 3 heterocycles. The van der Waals surface area contributed by atoms with Gasteiger partial charge in [0.1, 0.15) is 42.8 Å². The van der Waals surface area contributed by atoms with Crippen molar-refractivity contribution in [1.29, 1.82) is 0 Å². The van der Waals surface area contributed by atoms with Crippen LogP contribution in [0.2, 0.25) is 0 Å². The molecule has 0 radical (unpaired) electrons. The Morgan fingerprint density at radius 2 is 1.58 bits per heavy atom. The van der Waals surface area contributed by atoms with Gasteiger partial charge in [-0.15, -0.1) is 12.5 Å². The zero-order valence-corrected chi connectivity index (χ0v) is 56.9. The predicted molar refractivity (Wildman–Crippen MR) is 346 cm³/mol. The van der Waals surface area contributed by atoms with Crippen LogP contribution in [0, 0.1) is 53.3 Å². The first-order valence-corrected chi connectivity index (χ1v) is 33.9. The monoisotopic (exact) mass is 1310 g/mol. The van der Waals surface area contributed by atoms with Crippen LogP contribution >= 0.6 is 0 Å². The smallest absolute Gasteiger partial charge is 0.329 e. The Morgan fingerprint density at radius 3 is 2.27 bits per heavy atom. The average Bonchev–Trinajstić information content (AvgIpc) is 0.820. The van der Waals surface area contributed by atoms with Gasteiger partial charge in [0.05, 0.1) is 30.5 Å². The number of rotatable bonds is 25. The largest absolute Gasteiger partial charge is 0.460 e. The Balaban J connectivity index is 1.27. The van der Waals surface area contributed by atoms with Gasteiger partial charge in [0.25, 0.3) is 11.7 Å². The first kappa shape index (κ1) is 77.8. The lowest BCUT2D eigenvalue weighted by Crippen LogP contribution is -2.64. The van der Waals surface area contributed by atoms with Crippen molar-refractivity contribution in [1.82, 2.24) is 20.9 Å². The lowest BCUT2D eigenvalue weighted by molar-refractivity contribution is -0.302. The third-order valence-corrected chi connectivity index (χ3v) is 19.1. The van der Waals surface area contributed by atoms with Crippen molar-refractivity contribution in [2.45, 2.75) is 250 Å². The quantitative estimate of drug-likeness (QED) is 0.0184. The van der Waals surface area contributed by atoms with Crippen LogP contribution < -0.4 is 21.7 Å². The second-order valence-electron chi connectivity index (χ2n) is 26.9. The molecule has 0 aromatic heterocycles. The van der Waals surface area contributed by atoms with Gasteiger partial charge in [-0.1, -0.05) is 70.8 Å². The number of fused-ring (bicyclic) bond motifs is 3. The van der Waals surface area contributed by atoms with Gasteiger partial charge in [0.15, 0.2) is 5.78 Å². The fourth-order valence-electron chi connectivity index (χ4n) is 13.7. The third kappa shape index (κ3) is 23.5. The Bertz CT molecular complexity index is 2670. The first-order valence-electron chi connectivity index (χ1n) is 33.9. The maximum absolute atomic E-state index is 14.7. The molecule has 5 aliphatic rings. The fourth-order valence-corrected chi connectivity index (χ4v) is 13.7. The number of Topliss-reactive ketones (excluding diaryl/α,β-unsaturated/α-hetero) is 3. The number of aliphatic hydroxyl groups is 2. The van der Waals surface area contributed by atoms with Crippen molar-refractivity contribution in [3.05, 3.63) is 36.0 Å². The van der Waals surface area contributed by atoms with Crippen LogP contribution in [0.5, 0.6) is 0 Å². The number of urea groups is 1. The van der Waals surface area contributed by atoms with E-state index in [0.29, 0.717) is 69.8 Å². The molecule has 2 bridgehead atoms. The lowest BCUT2D eigenvalue weighted by atomic mass is 9.81. The van der Waals surface area contributed by atoms with Crippen LogP contribution in [0.1, 0.15) is 183 Å². The minimum atomic E-state index is -2.58. The van der Waals surface area contributed by atoms with E-state index in [2.05, 4.69) is 34.4 Å². The van der Waals surface area contributed by atoms with Gasteiger partial charge in [0.2, 0.25) is 17.6 Å². The molecule has 3 fully saturated rings. The number of cyclic esters (lactones) is 1. The zero-order chi connectivity index (χ0) is 68.5. The summed E-state index contributed by atoms with van der Waals surface area (Å²) in [6.07, 6.45) is 7.91. The summed E-state index contributed by atoms with van der Waals surface area (Å²) in [6.45, 7) is 16.5. The number of carbonyl (C=O) groups is 9. The van der Waals surface area contributed by atoms with Crippen molar-refractivity contribution >= 4 is 53.0 Å². The lowest BCUT2D eigenvalue weighted by Gasteiger charge is -2.47. The Labute approximate surface area is 550 Å². The molecule has 93 heavy (non-hydrogen) atoms. The highest BCUT2D eigenvalue weighted by atomic mass is 16.7. The number of amides is 5. The van der Waals surface area contributed by atoms with Crippen LogP contribution in [0.4, 0.5) is 4.79 Å². The van der Waals surface area contributed by atoms with Gasteiger partial charge < -0.3 is 70.0 Å². The van der Waals surface area contributed by atoms with Gasteiger partial charge in [-0.2, -0.15) is 0 Å². The van der Waals surface area contributed by atoms with Crippen molar-refractivity contribution < 1.29 is 86.5 Å². The number of nitrogens with zero attached hydrogens (tertiary/aromatic N) is 1.